The Morgan fingerprint density at radius 3 is 2.62 bits per heavy atom. The second kappa shape index (κ2) is 3.69. The third kappa shape index (κ3) is 1.95. The molecule has 1 aromatic heterocycles. The third-order valence-corrected chi connectivity index (χ3v) is 3.07. The van der Waals surface area contributed by atoms with Crippen molar-refractivity contribution in [1.82, 2.24) is 4.98 Å². The number of nitriles is 1. The molecule has 0 saturated carbocycles. The molecule has 0 radical (unpaired) electrons. The summed E-state index contributed by atoms with van der Waals surface area (Å²) in [4.78, 5) is 22.0. The van der Waals surface area contributed by atoms with Gasteiger partial charge in [-0.2, -0.15) is 5.26 Å². The third-order valence-electron chi connectivity index (χ3n) is 2.12. The van der Waals surface area contributed by atoms with Gasteiger partial charge < -0.3 is 9.79 Å². The van der Waals surface area contributed by atoms with Gasteiger partial charge in [0.2, 0.25) is 0 Å². The van der Waals surface area contributed by atoms with Crippen LogP contribution in [0, 0.1) is 11.3 Å². The van der Waals surface area contributed by atoms with Crippen molar-refractivity contribution in [2.24, 2.45) is 0 Å². The van der Waals surface area contributed by atoms with Crippen LogP contribution >= 0.6 is 7.60 Å². The first kappa shape index (κ1) is 10.8. The molecule has 0 atom stereocenters. The van der Waals surface area contributed by atoms with Gasteiger partial charge in [-0.15, -0.1) is 0 Å². The summed E-state index contributed by atoms with van der Waals surface area (Å²) in [5, 5.41) is 9.19. The number of nitrogens with zero attached hydrogens (tertiary/aromatic N) is 2. The first-order chi connectivity index (χ1) is 7.50. The van der Waals surface area contributed by atoms with Gasteiger partial charge in [0.25, 0.3) is 0 Å². The molecule has 5 nitrogen and oxygen atoms in total. The smallest absolute Gasteiger partial charge is 0.321 e. The molecule has 0 aliphatic heterocycles. The summed E-state index contributed by atoms with van der Waals surface area (Å²) in [7, 11) is -4.23. The molecule has 2 N–H and O–H groups in total. The summed E-state index contributed by atoms with van der Waals surface area (Å²) in [6.45, 7) is 0. The maximum atomic E-state index is 11.0. The fourth-order valence-electron chi connectivity index (χ4n) is 1.36. The molecule has 6 heteroatoms. The fraction of sp³-hybridized carbons (Fsp3) is 0. The number of fused-ring (bicyclic) bond motifs is 1. The lowest BCUT2D eigenvalue weighted by Gasteiger charge is -2.04. The maximum Gasteiger partial charge on any atom is 0.356 e. The SMILES string of the molecule is N#Cc1ccc2cc(P(=O)(O)O)ccc2n1. The van der Waals surface area contributed by atoms with Crippen molar-refractivity contribution in [3.63, 3.8) is 0 Å². The first-order valence-corrected chi connectivity index (χ1v) is 5.99. The highest BCUT2D eigenvalue weighted by Crippen LogP contribution is 2.33. The van der Waals surface area contributed by atoms with E-state index in [0.29, 0.717) is 10.9 Å². The first-order valence-electron chi connectivity index (χ1n) is 4.38. The van der Waals surface area contributed by atoms with Crippen LogP contribution in [0.4, 0.5) is 0 Å². The van der Waals surface area contributed by atoms with Crippen LogP contribution < -0.4 is 5.30 Å². The molecule has 1 aromatic carbocycles. The van der Waals surface area contributed by atoms with E-state index in [0.717, 1.165) is 0 Å². The molecule has 0 bridgehead atoms. The van der Waals surface area contributed by atoms with E-state index in [1.54, 1.807) is 6.07 Å². The highest BCUT2D eigenvalue weighted by molar-refractivity contribution is 7.60. The monoisotopic (exact) mass is 234 g/mol. The van der Waals surface area contributed by atoms with E-state index in [1.165, 1.54) is 24.3 Å². The zero-order valence-electron chi connectivity index (χ0n) is 8.03. The Balaban J connectivity index is 2.66. The summed E-state index contributed by atoms with van der Waals surface area (Å²) in [6, 6.07) is 9.20. The summed E-state index contributed by atoms with van der Waals surface area (Å²) in [6.07, 6.45) is 0. The second-order valence-electron chi connectivity index (χ2n) is 3.23. The number of pyridine rings is 1. The average molecular weight is 234 g/mol. The normalized spacial score (nSPS) is 11.3. The van der Waals surface area contributed by atoms with Crippen LogP contribution in [0.1, 0.15) is 5.69 Å². The summed E-state index contributed by atoms with van der Waals surface area (Å²) >= 11 is 0. The molecule has 0 amide bonds. The van der Waals surface area contributed by atoms with Crippen molar-refractivity contribution in [2.45, 2.75) is 0 Å². The van der Waals surface area contributed by atoms with Crippen LogP contribution in [0.15, 0.2) is 30.3 Å². The number of benzene rings is 1. The van der Waals surface area contributed by atoms with Gasteiger partial charge in [-0.1, -0.05) is 0 Å². The topological polar surface area (TPSA) is 94.2 Å². The van der Waals surface area contributed by atoms with E-state index in [1.807, 2.05) is 6.07 Å². The van der Waals surface area contributed by atoms with E-state index in [4.69, 9.17) is 15.0 Å². The van der Waals surface area contributed by atoms with Crippen LogP contribution in [0.3, 0.4) is 0 Å². The van der Waals surface area contributed by atoms with Crippen molar-refractivity contribution in [3.05, 3.63) is 36.0 Å². The number of hydrogen-bond donors (Lipinski definition) is 2. The van der Waals surface area contributed by atoms with Gasteiger partial charge in [0.15, 0.2) is 0 Å². The van der Waals surface area contributed by atoms with Crippen molar-refractivity contribution in [2.75, 3.05) is 0 Å². The standard InChI is InChI=1S/C10H7N2O3P/c11-6-8-2-1-7-5-9(16(13,14)15)3-4-10(7)12-8/h1-5H,(H2,13,14,15). The Morgan fingerprint density at radius 1 is 1.25 bits per heavy atom. The fourth-order valence-corrected chi connectivity index (χ4v) is 1.93. The van der Waals surface area contributed by atoms with E-state index >= 15 is 0 Å². The van der Waals surface area contributed by atoms with Gasteiger partial charge in [-0.05, 0) is 30.3 Å². The van der Waals surface area contributed by atoms with Crippen LogP contribution in [0.2, 0.25) is 0 Å². The molecule has 0 aliphatic rings. The van der Waals surface area contributed by atoms with Crippen LogP contribution in [0.5, 0.6) is 0 Å². The zero-order chi connectivity index (χ0) is 11.8. The van der Waals surface area contributed by atoms with Crippen molar-refractivity contribution in [3.8, 4) is 6.07 Å². The molecular weight excluding hydrogens is 227 g/mol. The van der Waals surface area contributed by atoms with Crippen molar-refractivity contribution in [1.29, 1.82) is 5.26 Å². The quantitative estimate of drug-likeness (QED) is 0.715. The summed E-state index contributed by atoms with van der Waals surface area (Å²) < 4.78 is 11.0. The van der Waals surface area contributed by atoms with E-state index in [2.05, 4.69) is 4.98 Å². The lowest BCUT2D eigenvalue weighted by molar-refractivity contribution is 0.387. The summed E-state index contributed by atoms with van der Waals surface area (Å²) in [5.74, 6) is 0. The van der Waals surface area contributed by atoms with E-state index < -0.39 is 7.60 Å². The van der Waals surface area contributed by atoms with Gasteiger partial charge in [0, 0.05) is 5.39 Å². The Hall–Kier alpha value is -1.73. The molecule has 0 unspecified atom stereocenters. The van der Waals surface area contributed by atoms with Gasteiger partial charge in [0.05, 0.1) is 10.8 Å². The molecule has 16 heavy (non-hydrogen) atoms. The van der Waals surface area contributed by atoms with Gasteiger partial charge in [-0.25, -0.2) is 4.98 Å². The van der Waals surface area contributed by atoms with Crippen LogP contribution in [0.25, 0.3) is 10.9 Å². The lowest BCUT2D eigenvalue weighted by atomic mass is 10.2. The Kier molecular flexibility index (Phi) is 2.49. The molecule has 0 aliphatic carbocycles. The largest absolute Gasteiger partial charge is 0.356 e. The molecule has 1 heterocycles. The van der Waals surface area contributed by atoms with Crippen LogP contribution in [-0.2, 0) is 4.57 Å². The number of hydrogen-bond acceptors (Lipinski definition) is 3. The molecule has 2 rings (SSSR count). The molecule has 0 fully saturated rings. The van der Waals surface area contributed by atoms with Gasteiger partial charge in [0.1, 0.15) is 11.8 Å². The molecular formula is C10H7N2O3P. The highest BCUT2D eigenvalue weighted by atomic mass is 31.2. The minimum Gasteiger partial charge on any atom is -0.321 e. The highest BCUT2D eigenvalue weighted by Gasteiger charge is 2.17. The lowest BCUT2D eigenvalue weighted by Crippen LogP contribution is -2.03. The average Bonchev–Trinajstić information content (AvgIpc) is 2.26. The minimum atomic E-state index is -4.23. The Morgan fingerprint density at radius 2 is 2.00 bits per heavy atom. The maximum absolute atomic E-state index is 11.0. The molecule has 80 valence electrons. The van der Waals surface area contributed by atoms with E-state index in [9.17, 15) is 4.57 Å². The number of rotatable bonds is 1. The molecule has 0 saturated heterocycles. The van der Waals surface area contributed by atoms with Gasteiger partial charge in [-0.3, -0.25) is 4.57 Å². The predicted molar refractivity (Wildman–Crippen MR) is 58.1 cm³/mol. The number of aromatic nitrogens is 1. The van der Waals surface area contributed by atoms with Gasteiger partial charge >= 0.3 is 7.60 Å². The summed E-state index contributed by atoms with van der Waals surface area (Å²) in [5.41, 5.74) is 0.813. The Bertz CT molecular complexity index is 642. The van der Waals surface area contributed by atoms with Crippen LogP contribution in [-0.4, -0.2) is 14.8 Å². The zero-order valence-corrected chi connectivity index (χ0v) is 8.93. The van der Waals surface area contributed by atoms with Crippen molar-refractivity contribution >= 4 is 23.8 Å². The molecule has 0 spiro atoms. The molecule has 2 aromatic rings. The minimum absolute atomic E-state index is 0.0495. The van der Waals surface area contributed by atoms with E-state index in [-0.39, 0.29) is 11.0 Å². The predicted octanol–water partition coefficient (Wildman–Crippen LogP) is 0.909. The second-order valence-corrected chi connectivity index (χ2v) is 4.83. The Labute approximate surface area is 91.1 Å². The van der Waals surface area contributed by atoms with Crippen molar-refractivity contribution < 1.29 is 14.4 Å².